The van der Waals surface area contributed by atoms with Crippen LogP contribution in [0.3, 0.4) is 0 Å². The van der Waals surface area contributed by atoms with Crippen LogP contribution in [0, 0.1) is 0 Å². The van der Waals surface area contributed by atoms with Crippen molar-refractivity contribution in [1.82, 2.24) is 9.97 Å². The molecule has 0 aliphatic heterocycles. The molecule has 67 heavy (non-hydrogen) atoms. The number of hydrogen-bond acceptors (Lipinski definition) is 3. The van der Waals surface area contributed by atoms with E-state index < -0.39 is 12.1 Å². The molecule has 13 aromatic rings. The molecule has 3 aromatic heterocycles. The highest BCUT2D eigenvalue weighted by Crippen LogP contribution is 2.56. The molecule has 3 heterocycles. The quantitative estimate of drug-likeness (QED) is 0.118. The smallest absolute Gasteiger partial charge is 0.0972 e. The normalized spacial score (nSPS) is 12.8. The van der Waals surface area contributed by atoms with Gasteiger partial charge in [0.1, 0.15) is 0 Å². The molecule has 0 aliphatic rings. The van der Waals surface area contributed by atoms with Gasteiger partial charge in [0.25, 0.3) is 0 Å². The lowest BCUT2D eigenvalue weighted by atomic mass is 9.85. The predicted octanol–water partition coefficient (Wildman–Crippen LogP) is 18.0. The van der Waals surface area contributed by atoms with Crippen molar-refractivity contribution in [2.24, 2.45) is 0 Å². The molecule has 10 aromatic carbocycles. The molecule has 2 nitrogen and oxygen atoms in total. The summed E-state index contributed by atoms with van der Waals surface area (Å²) in [6.45, 7) is 0. The Morgan fingerprint density at radius 3 is 1.45 bits per heavy atom. The lowest BCUT2D eigenvalue weighted by Gasteiger charge is -2.18. The Kier molecular flexibility index (Phi) is 7.98. The fourth-order valence-electron chi connectivity index (χ4n) is 9.86. The Hall–Kier alpha value is -8.50. The van der Waals surface area contributed by atoms with Crippen LogP contribution in [-0.4, -0.2) is 9.97 Å². The second-order valence-corrected chi connectivity index (χ2v) is 17.7. The summed E-state index contributed by atoms with van der Waals surface area (Å²) >= 11 is 1.78. The molecular formula is C64H40N2S. The number of aromatic nitrogens is 2. The van der Waals surface area contributed by atoms with Crippen molar-refractivity contribution < 1.29 is 8.22 Å². The van der Waals surface area contributed by atoms with Crippen LogP contribution < -0.4 is 0 Å². The molecule has 0 saturated carbocycles. The van der Waals surface area contributed by atoms with Crippen molar-refractivity contribution in [3.05, 3.63) is 243 Å². The number of rotatable bonds is 7. The average molecular weight is 875 g/mol. The SMILES string of the molecule is [2H]c1c([2H])c([2H])c2c(-c3ccc4ccc5cccnc5c4n3)c([2H])c([2H])c(-c3ccc(-c4c(-c5ccccc5)sc(-c5c6ccccc6c(-c6ccccc6)c6ccccc56)c4-c4ccccc4)cc3)c2c1[2H]. The van der Waals surface area contributed by atoms with E-state index in [2.05, 4.69) is 132 Å². The van der Waals surface area contributed by atoms with Gasteiger partial charge in [-0.15, -0.1) is 11.3 Å². The fraction of sp³-hybridized carbons (Fsp3) is 0. The lowest BCUT2D eigenvalue weighted by Crippen LogP contribution is -1.92. The Labute approximate surface area is 401 Å². The van der Waals surface area contributed by atoms with Gasteiger partial charge in [-0.3, -0.25) is 4.98 Å². The standard InChI is InChI=1S/C64H40N2S/c1-4-17-42(18-5-1)57-52-26-12-14-28-54(52)60(55-29-15-13-27-53(55)57)64-59(43-19-6-2-7-20-43)58(63(67-64)47-21-8-3-9-22-47)44-32-30-41(31-33-44)48-37-38-51(50-25-11-10-24-49(48)50)56-39-36-46-35-34-45-23-16-40-65-61(45)62(46)66-56/h1-40H/i10D,11D,24D,25D,37D,38D. The average Bonchev–Trinajstić information content (AvgIpc) is 3.85. The zero-order valence-corrected chi connectivity index (χ0v) is 36.7. The van der Waals surface area contributed by atoms with Gasteiger partial charge in [0, 0.05) is 49.0 Å². The van der Waals surface area contributed by atoms with Crippen LogP contribution in [0.4, 0.5) is 0 Å². The molecule has 0 saturated heterocycles. The maximum Gasteiger partial charge on any atom is 0.0972 e. The van der Waals surface area contributed by atoms with Gasteiger partial charge in [-0.2, -0.15) is 0 Å². The third kappa shape index (κ3) is 6.55. The first-order valence-corrected chi connectivity index (χ1v) is 23.1. The van der Waals surface area contributed by atoms with Crippen molar-refractivity contribution >= 4 is 65.5 Å². The van der Waals surface area contributed by atoms with Crippen LogP contribution >= 0.6 is 11.3 Å². The summed E-state index contributed by atoms with van der Waals surface area (Å²) in [6, 6.07) is 66.7. The van der Waals surface area contributed by atoms with E-state index in [9.17, 15) is 5.48 Å². The van der Waals surface area contributed by atoms with Crippen molar-refractivity contribution in [3.8, 4) is 76.6 Å². The molecule has 13 rings (SSSR count). The van der Waals surface area contributed by atoms with Gasteiger partial charge in [-0.25, -0.2) is 4.98 Å². The second kappa shape index (κ2) is 16.2. The van der Waals surface area contributed by atoms with Crippen LogP contribution in [0.5, 0.6) is 0 Å². The molecule has 0 N–H and O–H groups in total. The number of fused-ring (bicyclic) bond motifs is 6. The Bertz CT molecular complexity index is 4310. The van der Waals surface area contributed by atoms with Crippen molar-refractivity contribution in [2.45, 2.75) is 0 Å². The first-order chi connectivity index (χ1) is 35.8. The summed E-state index contributed by atoms with van der Waals surface area (Å²) < 4.78 is 55.9. The maximum absolute atomic E-state index is 9.72. The van der Waals surface area contributed by atoms with E-state index in [1.807, 2.05) is 66.7 Å². The lowest BCUT2D eigenvalue weighted by molar-refractivity contribution is 1.37. The van der Waals surface area contributed by atoms with Gasteiger partial charge in [-0.05, 0) is 83.4 Å². The van der Waals surface area contributed by atoms with E-state index in [1.54, 1.807) is 23.6 Å². The number of hydrogen-bond donors (Lipinski definition) is 0. The first kappa shape index (κ1) is 33.0. The third-order valence-electron chi connectivity index (χ3n) is 12.9. The van der Waals surface area contributed by atoms with E-state index in [4.69, 9.17) is 7.73 Å². The van der Waals surface area contributed by atoms with E-state index in [0.717, 1.165) is 70.2 Å². The summed E-state index contributed by atoms with van der Waals surface area (Å²) in [5.41, 5.74) is 11.3. The zero-order valence-electron chi connectivity index (χ0n) is 41.9. The van der Waals surface area contributed by atoms with Gasteiger partial charge in [0.15, 0.2) is 0 Å². The summed E-state index contributed by atoms with van der Waals surface area (Å²) in [5, 5.41) is 6.67. The van der Waals surface area contributed by atoms with Gasteiger partial charge in [-0.1, -0.05) is 224 Å². The molecule has 0 aliphatic carbocycles. The minimum absolute atomic E-state index is 0.143. The molecular weight excluding hydrogens is 829 g/mol. The molecule has 0 spiro atoms. The van der Waals surface area contributed by atoms with Gasteiger partial charge in [0.2, 0.25) is 0 Å². The van der Waals surface area contributed by atoms with Crippen LogP contribution in [0.1, 0.15) is 8.22 Å². The van der Waals surface area contributed by atoms with Crippen LogP contribution in [0.15, 0.2) is 243 Å². The molecule has 0 bridgehead atoms. The van der Waals surface area contributed by atoms with E-state index in [1.165, 1.54) is 16.3 Å². The topological polar surface area (TPSA) is 25.8 Å². The summed E-state index contributed by atoms with van der Waals surface area (Å²) in [7, 11) is 0. The molecule has 0 radical (unpaired) electrons. The highest BCUT2D eigenvalue weighted by atomic mass is 32.1. The van der Waals surface area contributed by atoms with Gasteiger partial charge < -0.3 is 0 Å². The highest BCUT2D eigenvalue weighted by molar-refractivity contribution is 7.20. The summed E-state index contributed by atoms with van der Waals surface area (Å²) in [5.74, 6) is 0. The van der Waals surface area contributed by atoms with E-state index in [0.29, 0.717) is 22.3 Å². The Morgan fingerprint density at radius 2 is 0.806 bits per heavy atom. The molecule has 0 amide bonds. The second-order valence-electron chi connectivity index (χ2n) is 16.7. The van der Waals surface area contributed by atoms with Crippen molar-refractivity contribution in [3.63, 3.8) is 0 Å². The van der Waals surface area contributed by atoms with Crippen LogP contribution in [0.2, 0.25) is 0 Å². The van der Waals surface area contributed by atoms with E-state index >= 15 is 0 Å². The minimum atomic E-state index is -0.421. The predicted molar refractivity (Wildman–Crippen MR) is 285 cm³/mol. The van der Waals surface area contributed by atoms with Crippen molar-refractivity contribution in [1.29, 1.82) is 0 Å². The number of pyridine rings is 2. The fourth-order valence-corrected chi connectivity index (χ4v) is 11.3. The highest BCUT2D eigenvalue weighted by Gasteiger charge is 2.27. The molecule has 0 atom stereocenters. The van der Waals surface area contributed by atoms with Crippen molar-refractivity contribution in [2.75, 3.05) is 0 Å². The van der Waals surface area contributed by atoms with Gasteiger partial charge >= 0.3 is 0 Å². The first-order valence-electron chi connectivity index (χ1n) is 25.3. The molecule has 0 fully saturated rings. The zero-order chi connectivity index (χ0) is 49.5. The molecule has 0 unspecified atom stereocenters. The monoisotopic (exact) mass is 874 g/mol. The third-order valence-corrected chi connectivity index (χ3v) is 14.1. The number of nitrogens with zero attached hydrogens (tertiary/aromatic N) is 2. The Morgan fingerprint density at radius 1 is 0.328 bits per heavy atom. The van der Waals surface area contributed by atoms with Crippen LogP contribution in [0.25, 0.3) is 131 Å². The molecule has 312 valence electrons. The number of benzene rings is 10. The maximum atomic E-state index is 9.72. The summed E-state index contributed by atoms with van der Waals surface area (Å²) in [6.07, 6.45) is 1.70. The van der Waals surface area contributed by atoms with Gasteiger partial charge in [0.05, 0.1) is 25.0 Å². The largest absolute Gasteiger partial charge is 0.254 e. The van der Waals surface area contributed by atoms with Crippen LogP contribution in [-0.2, 0) is 0 Å². The Balaban J connectivity index is 1.06. The summed E-state index contributed by atoms with van der Waals surface area (Å²) in [4.78, 5) is 11.9. The van der Waals surface area contributed by atoms with E-state index in [-0.39, 0.29) is 46.1 Å². The molecule has 3 heteroatoms. The number of thiophene rings is 1. The minimum Gasteiger partial charge on any atom is -0.254 e.